The molecule has 1 nitrogen and oxygen atoms in total. The Bertz CT molecular complexity index is 355. The number of carbonyl (C=O) groups is 1. The molecule has 1 aliphatic carbocycles. The summed E-state index contributed by atoms with van der Waals surface area (Å²) in [6.45, 7) is 1.99. The Kier molecular flexibility index (Phi) is 3.25. The molecule has 0 aromatic heterocycles. The number of hydrogen-bond donors (Lipinski definition) is 0. The Morgan fingerprint density at radius 3 is 2.19 bits per heavy atom. The first-order valence-corrected chi connectivity index (χ1v) is 5.14. The van der Waals surface area contributed by atoms with Gasteiger partial charge >= 0.3 is 6.18 Å². The van der Waals surface area contributed by atoms with Gasteiger partial charge in [-0.1, -0.05) is 24.3 Å². The molecule has 1 aliphatic rings. The molecule has 0 fully saturated rings. The van der Waals surface area contributed by atoms with Gasteiger partial charge < -0.3 is 0 Å². The van der Waals surface area contributed by atoms with E-state index in [0.717, 1.165) is 13.8 Å². The molecule has 0 radical (unpaired) electrons. The minimum absolute atomic E-state index is 0.0294. The highest BCUT2D eigenvalue weighted by Crippen LogP contribution is 2.55. The Labute approximate surface area is 97.0 Å². The normalized spacial score (nSPS) is 25.9. The SMILES string of the molecule is CC(C)(C(F)(F)F)C1(C(=O)Cl)C=CC=CC1. The molecule has 0 amide bonds. The van der Waals surface area contributed by atoms with Crippen molar-refractivity contribution in [3.05, 3.63) is 24.3 Å². The molecule has 16 heavy (non-hydrogen) atoms. The summed E-state index contributed by atoms with van der Waals surface area (Å²) in [4.78, 5) is 11.4. The molecule has 0 heterocycles. The largest absolute Gasteiger partial charge is 0.395 e. The van der Waals surface area contributed by atoms with Crippen LogP contribution in [0.3, 0.4) is 0 Å². The number of hydrogen-bond acceptors (Lipinski definition) is 1. The summed E-state index contributed by atoms with van der Waals surface area (Å²) in [5, 5.41) is -0.976. The Balaban J connectivity index is 3.29. The van der Waals surface area contributed by atoms with Gasteiger partial charge in [0, 0.05) is 0 Å². The first-order valence-electron chi connectivity index (χ1n) is 4.76. The van der Waals surface area contributed by atoms with Gasteiger partial charge in [-0.2, -0.15) is 13.2 Å². The second kappa shape index (κ2) is 3.91. The lowest BCUT2D eigenvalue weighted by molar-refractivity contribution is -0.239. The fourth-order valence-corrected chi connectivity index (χ4v) is 2.10. The third-order valence-electron chi connectivity index (χ3n) is 3.24. The van der Waals surface area contributed by atoms with Crippen molar-refractivity contribution in [3.63, 3.8) is 0 Å². The fraction of sp³-hybridized carbons (Fsp3) is 0.545. The summed E-state index contributed by atoms with van der Waals surface area (Å²) in [6.07, 6.45) is 1.27. The first-order chi connectivity index (χ1) is 7.15. The highest BCUT2D eigenvalue weighted by Gasteiger charge is 2.62. The maximum atomic E-state index is 13.0. The lowest BCUT2D eigenvalue weighted by Crippen LogP contribution is -2.50. The van der Waals surface area contributed by atoms with Gasteiger partial charge in [-0.25, -0.2) is 0 Å². The Morgan fingerprint density at radius 1 is 1.31 bits per heavy atom. The molecule has 0 saturated heterocycles. The van der Waals surface area contributed by atoms with E-state index in [4.69, 9.17) is 11.6 Å². The Morgan fingerprint density at radius 2 is 1.88 bits per heavy atom. The van der Waals surface area contributed by atoms with Crippen molar-refractivity contribution in [1.29, 1.82) is 0 Å². The molecule has 0 N–H and O–H groups in total. The van der Waals surface area contributed by atoms with Crippen molar-refractivity contribution in [3.8, 4) is 0 Å². The number of rotatable bonds is 2. The minimum Gasteiger partial charge on any atom is -0.280 e. The number of halogens is 4. The van der Waals surface area contributed by atoms with Crippen LogP contribution < -0.4 is 0 Å². The molecule has 1 atom stereocenters. The zero-order valence-corrected chi connectivity index (χ0v) is 9.69. The summed E-state index contributed by atoms with van der Waals surface area (Å²) >= 11 is 5.38. The zero-order valence-electron chi connectivity index (χ0n) is 8.94. The van der Waals surface area contributed by atoms with E-state index in [1.807, 2.05) is 0 Å². The van der Waals surface area contributed by atoms with Crippen LogP contribution in [0.25, 0.3) is 0 Å². The van der Waals surface area contributed by atoms with Crippen LogP contribution in [0.5, 0.6) is 0 Å². The van der Waals surface area contributed by atoms with Gasteiger partial charge in [-0.05, 0) is 31.9 Å². The van der Waals surface area contributed by atoms with Crippen LogP contribution in [0.4, 0.5) is 13.2 Å². The number of carbonyl (C=O) groups excluding carboxylic acids is 1. The monoisotopic (exact) mass is 252 g/mol. The summed E-state index contributed by atoms with van der Waals surface area (Å²) in [5.41, 5.74) is -3.90. The molecule has 0 aliphatic heterocycles. The summed E-state index contributed by atoms with van der Waals surface area (Å²) < 4.78 is 38.9. The maximum Gasteiger partial charge on any atom is 0.395 e. The average Bonchev–Trinajstić information content (AvgIpc) is 2.16. The van der Waals surface area contributed by atoms with Gasteiger partial charge in [-0.3, -0.25) is 4.79 Å². The quantitative estimate of drug-likeness (QED) is 0.683. The topological polar surface area (TPSA) is 17.1 Å². The van der Waals surface area contributed by atoms with E-state index in [-0.39, 0.29) is 6.42 Å². The average molecular weight is 253 g/mol. The van der Waals surface area contributed by atoms with Crippen LogP contribution in [-0.2, 0) is 4.79 Å². The van der Waals surface area contributed by atoms with Gasteiger partial charge in [0.05, 0.1) is 10.8 Å². The molecule has 0 aromatic rings. The summed E-state index contributed by atoms with van der Waals surface area (Å²) in [5.74, 6) is 0. The Hall–Kier alpha value is -0.770. The van der Waals surface area contributed by atoms with E-state index in [1.165, 1.54) is 18.2 Å². The van der Waals surface area contributed by atoms with Crippen LogP contribution in [0.2, 0.25) is 0 Å². The minimum atomic E-state index is -4.49. The van der Waals surface area contributed by atoms with E-state index in [9.17, 15) is 18.0 Å². The third kappa shape index (κ3) is 1.79. The van der Waals surface area contributed by atoms with Gasteiger partial charge in [0.1, 0.15) is 0 Å². The van der Waals surface area contributed by atoms with Crippen molar-refractivity contribution >= 4 is 16.8 Å². The van der Waals surface area contributed by atoms with Gasteiger partial charge in [0.15, 0.2) is 0 Å². The summed E-state index contributed by atoms with van der Waals surface area (Å²) in [6, 6.07) is 0. The maximum absolute atomic E-state index is 13.0. The van der Waals surface area contributed by atoms with Crippen LogP contribution in [0.15, 0.2) is 24.3 Å². The highest BCUT2D eigenvalue weighted by molar-refractivity contribution is 6.65. The smallest absolute Gasteiger partial charge is 0.280 e. The lowest BCUT2D eigenvalue weighted by Gasteiger charge is -2.43. The predicted octanol–water partition coefficient (Wildman–Crippen LogP) is 3.84. The summed E-state index contributed by atoms with van der Waals surface area (Å²) in [7, 11) is 0. The first kappa shape index (κ1) is 13.3. The molecule has 1 unspecified atom stereocenters. The van der Waals surface area contributed by atoms with E-state index in [2.05, 4.69) is 0 Å². The third-order valence-corrected chi connectivity index (χ3v) is 3.58. The molecule has 90 valence electrons. The second-order valence-corrected chi connectivity index (χ2v) is 4.70. The van der Waals surface area contributed by atoms with Crippen LogP contribution in [0.1, 0.15) is 20.3 Å². The molecule has 0 aromatic carbocycles. The standard InChI is InChI=1S/C11H12ClF3O/c1-9(2,11(13,14)15)10(8(12)16)6-4-3-5-7-10/h3-6H,7H2,1-2H3. The van der Waals surface area contributed by atoms with E-state index in [0.29, 0.717) is 0 Å². The van der Waals surface area contributed by atoms with Crippen molar-refractivity contribution in [2.24, 2.45) is 10.8 Å². The van der Waals surface area contributed by atoms with Crippen molar-refractivity contribution < 1.29 is 18.0 Å². The zero-order chi connectivity index (χ0) is 12.6. The molecule has 5 heteroatoms. The predicted molar refractivity (Wildman–Crippen MR) is 56.0 cm³/mol. The van der Waals surface area contributed by atoms with Gasteiger partial charge in [-0.15, -0.1) is 0 Å². The molecular formula is C11H12ClF3O. The van der Waals surface area contributed by atoms with Crippen molar-refractivity contribution in [1.82, 2.24) is 0 Å². The van der Waals surface area contributed by atoms with E-state index >= 15 is 0 Å². The van der Waals surface area contributed by atoms with E-state index in [1.54, 1.807) is 6.08 Å². The molecule has 0 saturated carbocycles. The molecule has 0 spiro atoms. The molecular weight excluding hydrogens is 241 g/mol. The molecule has 1 rings (SSSR count). The van der Waals surface area contributed by atoms with Crippen molar-refractivity contribution in [2.45, 2.75) is 26.4 Å². The van der Waals surface area contributed by atoms with Crippen LogP contribution >= 0.6 is 11.6 Å². The second-order valence-electron chi connectivity index (χ2n) is 4.36. The number of alkyl halides is 3. The number of allylic oxidation sites excluding steroid dienone is 4. The van der Waals surface area contributed by atoms with Crippen molar-refractivity contribution in [2.75, 3.05) is 0 Å². The van der Waals surface area contributed by atoms with Gasteiger partial charge in [0.2, 0.25) is 5.24 Å². The lowest BCUT2D eigenvalue weighted by atomic mass is 9.62. The molecule has 0 bridgehead atoms. The van der Waals surface area contributed by atoms with E-state index < -0.39 is 22.2 Å². The fourth-order valence-electron chi connectivity index (χ4n) is 1.73. The van der Waals surface area contributed by atoms with Gasteiger partial charge in [0.25, 0.3) is 0 Å². The van der Waals surface area contributed by atoms with Crippen LogP contribution in [0, 0.1) is 10.8 Å². The van der Waals surface area contributed by atoms with Crippen LogP contribution in [-0.4, -0.2) is 11.4 Å². The highest BCUT2D eigenvalue weighted by atomic mass is 35.5.